The van der Waals surface area contributed by atoms with Crippen molar-refractivity contribution in [2.24, 2.45) is 7.05 Å². The lowest BCUT2D eigenvalue weighted by Crippen LogP contribution is -2.40. The standard InChI is InChI=1S/C19H24N6O4S3/c1-3-30-19-23-22-18(31-19)21-17(26)7-6-16-20-14-12-13(4-5-15(14)24(16)2)32(27,28)25-8-10-29-11-9-25/h4-5,12H,3,6-11H2,1-2H3,(H,21,22,26). The Hall–Kier alpha value is -2.06. The fraction of sp³-hybridized carbons (Fsp3) is 0.474. The molecule has 0 atom stereocenters. The number of anilines is 1. The SMILES string of the molecule is CCSc1nnc(NC(=O)CCc2nc3cc(S(=O)(=O)N4CCOCC4)ccc3n2C)s1. The molecule has 32 heavy (non-hydrogen) atoms. The van der Waals surface area contributed by atoms with E-state index in [0.717, 1.165) is 15.6 Å². The number of rotatable bonds is 8. The van der Waals surface area contributed by atoms with Crippen LogP contribution in [0.15, 0.2) is 27.4 Å². The van der Waals surface area contributed by atoms with Gasteiger partial charge in [-0.15, -0.1) is 10.2 Å². The number of nitrogens with one attached hydrogen (secondary N) is 1. The summed E-state index contributed by atoms with van der Waals surface area (Å²) >= 11 is 2.93. The highest BCUT2D eigenvalue weighted by Crippen LogP contribution is 2.26. The summed E-state index contributed by atoms with van der Waals surface area (Å²) in [6, 6.07) is 4.96. The topological polar surface area (TPSA) is 119 Å². The van der Waals surface area contributed by atoms with E-state index >= 15 is 0 Å². The summed E-state index contributed by atoms with van der Waals surface area (Å²) in [4.78, 5) is 17.1. The van der Waals surface area contributed by atoms with Crippen LogP contribution in [0.3, 0.4) is 0 Å². The first kappa shape index (κ1) is 23.1. The Morgan fingerprint density at radius 3 is 2.81 bits per heavy atom. The maximum atomic E-state index is 12.9. The van der Waals surface area contributed by atoms with Gasteiger partial charge in [0, 0.05) is 33.0 Å². The fourth-order valence-electron chi connectivity index (χ4n) is 3.40. The molecule has 1 saturated heterocycles. The van der Waals surface area contributed by atoms with Crippen LogP contribution >= 0.6 is 23.1 Å². The Bertz CT molecular complexity index is 1220. The third-order valence-corrected chi connectivity index (χ3v) is 8.80. The smallest absolute Gasteiger partial charge is 0.243 e. The predicted octanol–water partition coefficient (Wildman–Crippen LogP) is 2.13. The first-order chi connectivity index (χ1) is 15.4. The number of benzene rings is 1. The van der Waals surface area contributed by atoms with Gasteiger partial charge in [-0.25, -0.2) is 13.4 Å². The van der Waals surface area contributed by atoms with Gasteiger partial charge in [0.15, 0.2) is 4.34 Å². The van der Waals surface area contributed by atoms with Gasteiger partial charge >= 0.3 is 0 Å². The summed E-state index contributed by atoms with van der Waals surface area (Å²) < 4.78 is 35.2. The Morgan fingerprint density at radius 2 is 2.06 bits per heavy atom. The van der Waals surface area contributed by atoms with Crippen LogP contribution in [0.4, 0.5) is 5.13 Å². The summed E-state index contributed by atoms with van der Waals surface area (Å²) in [5.41, 5.74) is 1.40. The van der Waals surface area contributed by atoms with Gasteiger partial charge in [0.05, 0.1) is 29.1 Å². The molecule has 0 bridgehead atoms. The zero-order chi connectivity index (χ0) is 22.7. The van der Waals surface area contributed by atoms with E-state index in [9.17, 15) is 13.2 Å². The van der Waals surface area contributed by atoms with Gasteiger partial charge in [0.2, 0.25) is 21.1 Å². The highest BCUT2D eigenvalue weighted by molar-refractivity contribution is 8.01. The van der Waals surface area contributed by atoms with E-state index in [2.05, 4.69) is 20.5 Å². The Morgan fingerprint density at radius 1 is 1.28 bits per heavy atom. The first-order valence-corrected chi connectivity index (χ1v) is 13.4. The Kier molecular flexibility index (Phi) is 7.10. The maximum absolute atomic E-state index is 12.9. The number of aryl methyl sites for hydroxylation is 2. The molecule has 172 valence electrons. The molecule has 1 N–H and O–H groups in total. The van der Waals surface area contributed by atoms with Crippen molar-refractivity contribution in [3.63, 3.8) is 0 Å². The minimum Gasteiger partial charge on any atom is -0.379 e. The van der Waals surface area contributed by atoms with E-state index in [0.29, 0.717) is 49.2 Å². The fourth-order valence-corrected chi connectivity index (χ4v) is 6.49. The van der Waals surface area contributed by atoms with Gasteiger partial charge in [-0.05, 0) is 24.0 Å². The number of carbonyl (C=O) groups is 1. The number of nitrogens with zero attached hydrogens (tertiary/aromatic N) is 5. The molecule has 1 amide bonds. The molecule has 2 aromatic heterocycles. The molecule has 1 aliphatic heterocycles. The van der Waals surface area contributed by atoms with Crippen LogP contribution in [-0.4, -0.2) is 70.4 Å². The van der Waals surface area contributed by atoms with Crippen molar-refractivity contribution in [3.8, 4) is 0 Å². The molecule has 0 aliphatic carbocycles. The van der Waals surface area contributed by atoms with Crippen molar-refractivity contribution in [3.05, 3.63) is 24.0 Å². The number of ether oxygens (including phenoxy) is 1. The monoisotopic (exact) mass is 496 g/mol. The number of sulfonamides is 1. The lowest BCUT2D eigenvalue weighted by Gasteiger charge is -2.26. The van der Waals surface area contributed by atoms with Crippen LogP contribution in [-0.2, 0) is 33.0 Å². The second-order valence-corrected chi connectivity index (χ2v) is 11.5. The van der Waals surface area contributed by atoms with Crippen molar-refractivity contribution in [1.82, 2.24) is 24.1 Å². The van der Waals surface area contributed by atoms with Crippen LogP contribution in [0.2, 0.25) is 0 Å². The largest absolute Gasteiger partial charge is 0.379 e. The summed E-state index contributed by atoms with van der Waals surface area (Å²) in [7, 11) is -1.73. The van der Waals surface area contributed by atoms with Crippen LogP contribution in [0.1, 0.15) is 19.2 Å². The van der Waals surface area contributed by atoms with Gasteiger partial charge in [0.1, 0.15) is 5.82 Å². The summed E-state index contributed by atoms with van der Waals surface area (Å²) in [6.45, 7) is 3.51. The second kappa shape index (κ2) is 9.83. The zero-order valence-electron chi connectivity index (χ0n) is 17.8. The van der Waals surface area contributed by atoms with Crippen LogP contribution in [0, 0.1) is 0 Å². The minimum atomic E-state index is -3.59. The summed E-state index contributed by atoms with van der Waals surface area (Å²) in [6.07, 6.45) is 0.643. The first-order valence-electron chi connectivity index (χ1n) is 10.2. The predicted molar refractivity (Wildman–Crippen MR) is 124 cm³/mol. The molecule has 13 heteroatoms. The molecule has 0 spiro atoms. The third-order valence-electron chi connectivity index (χ3n) is 5.05. The van der Waals surface area contributed by atoms with Gasteiger partial charge in [-0.2, -0.15) is 4.31 Å². The molecule has 4 rings (SSSR count). The van der Waals surface area contributed by atoms with Gasteiger partial charge in [-0.3, -0.25) is 4.79 Å². The number of amides is 1. The van der Waals surface area contributed by atoms with Crippen LogP contribution < -0.4 is 5.32 Å². The quantitative estimate of drug-likeness (QED) is 0.372. The van der Waals surface area contributed by atoms with Gasteiger partial charge in [-0.1, -0.05) is 30.0 Å². The molecular formula is C19H24N6O4S3. The Balaban J connectivity index is 1.45. The number of hydrogen-bond acceptors (Lipinski definition) is 9. The average Bonchev–Trinajstić information content (AvgIpc) is 3.36. The summed E-state index contributed by atoms with van der Waals surface area (Å²) in [5, 5.41) is 11.3. The van der Waals surface area contributed by atoms with E-state index in [-0.39, 0.29) is 17.2 Å². The van der Waals surface area contributed by atoms with E-state index in [1.54, 1.807) is 30.0 Å². The third kappa shape index (κ3) is 4.96. The summed E-state index contributed by atoms with van der Waals surface area (Å²) in [5.74, 6) is 1.43. The molecule has 0 radical (unpaired) electrons. The number of aromatic nitrogens is 4. The number of fused-ring (bicyclic) bond motifs is 1. The number of hydrogen-bond donors (Lipinski definition) is 1. The molecule has 10 nitrogen and oxygen atoms in total. The van der Waals surface area contributed by atoms with E-state index in [1.165, 1.54) is 15.6 Å². The molecule has 1 aliphatic rings. The van der Waals surface area contributed by atoms with Gasteiger partial charge < -0.3 is 14.6 Å². The highest BCUT2D eigenvalue weighted by Gasteiger charge is 2.27. The lowest BCUT2D eigenvalue weighted by molar-refractivity contribution is -0.116. The second-order valence-electron chi connectivity index (χ2n) is 7.11. The van der Waals surface area contributed by atoms with Crippen molar-refractivity contribution in [2.45, 2.75) is 29.0 Å². The van der Waals surface area contributed by atoms with E-state index in [1.807, 2.05) is 18.5 Å². The minimum absolute atomic E-state index is 0.170. The van der Waals surface area contributed by atoms with Gasteiger partial charge in [0.25, 0.3) is 0 Å². The average molecular weight is 497 g/mol. The molecule has 0 unspecified atom stereocenters. The highest BCUT2D eigenvalue weighted by atomic mass is 32.2. The maximum Gasteiger partial charge on any atom is 0.243 e. The molecule has 3 heterocycles. The normalized spacial score (nSPS) is 15.3. The Labute approximate surface area is 194 Å². The number of thioether (sulfide) groups is 1. The molecule has 3 aromatic rings. The van der Waals surface area contributed by atoms with Crippen LogP contribution in [0.5, 0.6) is 0 Å². The van der Waals surface area contributed by atoms with E-state index < -0.39 is 10.0 Å². The molecular weight excluding hydrogens is 472 g/mol. The zero-order valence-corrected chi connectivity index (χ0v) is 20.2. The lowest BCUT2D eigenvalue weighted by atomic mass is 10.3. The van der Waals surface area contributed by atoms with Crippen molar-refractivity contribution >= 4 is 55.2 Å². The van der Waals surface area contributed by atoms with E-state index in [4.69, 9.17) is 4.74 Å². The number of morpholine rings is 1. The number of imidazole rings is 1. The molecule has 0 saturated carbocycles. The molecule has 1 aromatic carbocycles. The van der Waals surface area contributed by atoms with Crippen molar-refractivity contribution in [1.29, 1.82) is 0 Å². The molecule has 1 fully saturated rings. The van der Waals surface area contributed by atoms with Crippen LogP contribution in [0.25, 0.3) is 11.0 Å². The number of carbonyl (C=O) groups excluding carboxylic acids is 1. The van der Waals surface area contributed by atoms with Crippen molar-refractivity contribution in [2.75, 3.05) is 37.4 Å². The van der Waals surface area contributed by atoms with Crippen molar-refractivity contribution < 1.29 is 17.9 Å².